The Morgan fingerprint density at radius 3 is 1.25 bits per heavy atom. The largest absolute Gasteiger partial charge is 0.462 e. The van der Waals surface area contributed by atoms with Crippen LogP contribution in [0.25, 0.3) is 0 Å². The van der Waals surface area contributed by atoms with Gasteiger partial charge in [-0.15, -0.1) is 0 Å². The van der Waals surface area contributed by atoms with Crippen LogP contribution in [0.1, 0.15) is 201 Å². The Bertz CT molecular complexity index is 1370. The second-order valence-corrected chi connectivity index (χ2v) is 16.0. The molecule has 0 N–H and O–H groups in total. The van der Waals surface area contributed by atoms with Gasteiger partial charge in [-0.05, 0) is 103 Å². The molecule has 354 valence electrons. The molecule has 6 nitrogen and oxygen atoms in total. The zero-order valence-corrected chi connectivity index (χ0v) is 40.3. The van der Waals surface area contributed by atoms with E-state index in [0.29, 0.717) is 12.8 Å². The fraction of sp³-hybridized carbons (Fsp3) is 0.596. The summed E-state index contributed by atoms with van der Waals surface area (Å²) in [7, 11) is 0. The number of carbonyl (C=O) groups excluding carboxylic acids is 3. The van der Waals surface area contributed by atoms with Crippen molar-refractivity contribution in [3.63, 3.8) is 0 Å². The van der Waals surface area contributed by atoms with E-state index in [2.05, 4.69) is 124 Å². The average Bonchev–Trinajstić information content (AvgIpc) is 3.28. The van der Waals surface area contributed by atoms with Gasteiger partial charge in [0.15, 0.2) is 6.10 Å². The van der Waals surface area contributed by atoms with E-state index in [1.807, 2.05) is 18.2 Å². The number of esters is 3. The highest BCUT2D eigenvalue weighted by Crippen LogP contribution is 2.12. The van der Waals surface area contributed by atoms with Crippen molar-refractivity contribution in [3.05, 3.63) is 122 Å². The number of carbonyl (C=O) groups is 3. The van der Waals surface area contributed by atoms with Gasteiger partial charge in [-0.3, -0.25) is 14.4 Å². The van der Waals surface area contributed by atoms with E-state index in [4.69, 9.17) is 14.2 Å². The lowest BCUT2D eigenvalue weighted by atomic mass is 10.1. The van der Waals surface area contributed by atoms with Gasteiger partial charge in [0.1, 0.15) is 13.2 Å². The van der Waals surface area contributed by atoms with Crippen LogP contribution in [0.15, 0.2) is 122 Å². The number of ether oxygens (including phenoxy) is 3. The third kappa shape index (κ3) is 48.7. The van der Waals surface area contributed by atoms with Crippen molar-refractivity contribution in [1.82, 2.24) is 0 Å². The molecule has 0 aliphatic carbocycles. The number of unbranched alkanes of at least 4 members (excludes halogenated alkanes) is 14. The molecule has 0 bridgehead atoms. The van der Waals surface area contributed by atoms with Crippen LogP contribution < -0.4 is 0 Å². The Labute approximate surface area is 386 Å². The molecule has 0 spiro atoms. The van der Waals surface area contributed by atoms with Crippen LogP contribution in [0, 0.1) is 0 Å². The van der Waals surface area contributed by atoms with E-state index in [9.17, 15) is 14.4 Å². The molecule has 0 aliphatic heterocycles. The van der Waals surface area contributed by atoms with Gasteiger partial charge in [0.2, 0.25) is 0 Å². The average molecular weight is 871 g/mol. The Hall–Kier alpha value is -4.19. The van der Waals surface area contributed by atoms with Crippen molar-refractivity contribution in [1.29, 1.82) is 0 Å². The molecule has 0 aliphatic rings. The smallest absolute Gasteiger partial charge is 0.306 e. The number of hydrogen-bond donors (Lipinski definition) is 0. The molecule has 0 aromatic rings. The molecular formula is C57H90O6. The SMILES string of the molecule is CC/C=C/C=C/C=C/CCCCCCCC(=O)OC(COC(=O)CC/C=C/C/C=C/C/C=C/C/C=C/C/C=C/C/C=C/CC)COC(=O)CCCCC/C=C/CCCCCCCC. The van der Waals surface area contributed by atoms with Crippen LogP contribution in [-0.4, -0.2) is 37.2 Å². The molecule has 0 aromatic heterocycles. The van der Waals surface area contributed by atoms with Crippen molar-refractivity contribution in [3.8, 4) is 0 Å². The summed E-state index contributed by atoms with van der Waals surface area (Å²) in [5.41, 5.74) is 0. The lowest BCUT2D eigenvalue weighted by Gasteiger charge is -2.18. The minimum Gasteiger partial charge on any atom is -0.462 e. The topological polar surface area (TPSA) is 78.9 Å². The molecule has 63 heavy (non-hydrogen) atoms. The number of allylic oxidation sites excluding steroid dienone is 20. The summed E-state index contributed by atoms with van der Waals surface area (Å²) in [6, 6.07) is 0. The molecule has 6 heteroatoms. The fourth-order valence-electron chi connectivity index (χ4n) is 6.28. The maximum absolute atomic E-state index is 12.8. The van der Waals surface area contributed by atoms with Crippen LogP contribution in [0.2, 0.25) is 0 Å². The van der Waals surface area contributed by atoms with Gasteiger partial charge in [0, 0.05) is 19.3 Å². The van der Waals surface area contributed by atoms with Gasteiger partial charge in [-0.1, -0.05) is 200 Å². The summed E-state index contributed by atoms with van der Waals surface area (Å²) < 4.78 is 16.7. The van der Waals surface area contributed by atoms with Gasteiger partial charge >= 0.3 is 17.9 Å². The lowest BCUT2D eigenvalue weighted by Crippen LogP contribution is -2.30. The summed E-state index contributed by atoms with van der Waals surface area (Å²) in [4.78, 5) is 37.9. The van der Waals surface area contributed by atoms with Crippen LogP contribution in [0.5, 0.6) is 0 Å². The fourth-order valence-corrected chi connectivity index (χ4v) is 6.28. The van der Waals surface area contributed by atoms with Crippen LogP contribution >= 0.6 is 0 Å². The third-order valence-electron chi connectivity index (χ3n) is 10.0. The zero-order valence-electron chi connectivity index (χ0n) is 40.3. The minimum atomic E-state index is -0.827. The monoisotopic (exact) mass is 871 g/mol. The molecule has 0 heterocycles. The van der Waals surface area contributed by atoms with E-state index >= 15 is 0 Å². The van der Waals surface area contributed by atoms with Crippen molar-refractivity contribution < 1.29 is 28.6 Å². The second kappa shape index (κ2) is 50.5. The van der Waals surface area contributed by atoms with Gasteiger partial charge in [0.25, 0.3) is 0 Å². The molecule has 0 amide bonds. The van der Waals surface area contributed by atoms with Gasteiger partial charge in [-0.25, -0.2) is 0 Å². The summed E-state index contributed by atoms with van der Waals surface area (Å²) in [5, 5.41) is 0. The van der Waals surface area contributed by atoms with Crippen LogP contribution in [-0.2, 0) is 28.6 Å². The first kappa shape index (κ1) is 58.8. The van der Waals surface area contributed by atoms with E-state index in [1.54, 1.807) is 0 Å². The molecule has 0 radical (unpaired) electrons. The van der Waals surface area contributed by atoms with E-state index < -0.39 is 6.10 Å². The maximum atomic E-state index is 12.8. The van der Waals surface area contributed by atoms with E-state index in [-0.39, 0.29) is 44.0 Å². The molecule has 1 unspecified atom stereocenters. The number of hydrogen-bond acceptors (Lipinski definition) is 6. The number of rotatable bonds is 43. The second-order valence-electron chi connectivity index (χ2n) is 16.0. The highest BCUT2D eigenvalue weighted by molar-refractivity contribution is 5.71. The normalized spacial score (nSPS) is 13.1. The Kier molecular flexibility index (Phi) is 47.1. The Morgan fingerprint density at radius 2 is 0.730 bits per heavy atom. The van der Waals surface area contributed by atoms with Gasteiger partial charge in [0.05, 0.1) is 0 Å². The summed E-state index contributed by atoms with van der Waals surface area (Å²) in [6.07, 6.45) is 69.1. The van der Waals surface area contributed by atoms with Crippen molar-refractivity contribution in [2.45, 2.75) is 207 Å². The maximum Gasteiger partial charge on any atom is 0.306 e. The lowest BCUT2D eigenvalue weighted by molar-refractivity contribution is -0.166. The summed E-state index contributed by atoms with van der Waals surface area (Å²) in [6.45, 7) is 6.26. The zero-order chi connectivity index (χ0) is 45.8. The third-order valence-corrected chi connectivity index (χ3v) is 10.0. The van der Waals surface area contributed by atoms with Gasteiger partial charge < -0.3 is 14.2 Å². The molecule has 0 saturated heterocycles. The molecule has 0 saturated carbocycles. The molecule has 0 fully saturated rings. The molecule has 0 rings (SSSR count). The van der Waals surface area contributed by atoms with Crippen molar-refractivity contribution >= 4 is 17.9 Å². The highest BCUT2D eigenvalue weighted by atomic mass is 16.6. The standard InChI is InChI=1S/C57H90O6/c1-4-7-10-13-16-19-22-25-26-27-28-29-30-33-35-38-41-44-47-50-56(59)62-53-54(63-57(60)51-48-45-42-39-36-32-24-21-18-15-12-9-6-3)52-61-55(58)49-46-43-40-37-34-31-23-20-17-14-11-8-5-2/h7,9-10,12,15-16,18-19,21,24-26,28-29,31,33-35,41,44,54H,4-6,8,11,13-14,17,20,22-23,27,30,32,36-40,42-43,45-53H2,1-3H3/b10-7+,12-9+,18-15+,19-16+,24-21+,26-25+,29-28+,34-31+,35-33+,44-41+. The summed E-state index contributed by atoms with van der Waals surface area (Å²) in [5.74, 6) is -1.05. The molecule has 0 aromatic carbocycles. The Morgan fingerprint density at radius 1 is 0.349 bits per heavy atom. The van der Waals surface area contributed by atoms with Crippen molar-refractivity contribution in [2.24, 2.45) is 0 Å². The van der Waals surface area contributed by atoms with Gasteiger partial charge in [-0.2, -0.15) is 0 Å². The summed E-state index contributed by atoms with van der Waals surface area (Å²) >= 11 is 0. The predicted molar refractivity (Wildman–Crippen MR) is 269 cm³/mol. The predicted octanol–water partition coefficient (Wildman–Crippen LogP) is 16.5. The highest BCUT2D eigenvalue weighted by Gasteiger charge is 2.19. The molecular weight excluding hydrogens is 781 g/mol. The first-order valence-corrected chi connectivity index (χ1v) is 25.1. The first-order valence-electron chi connectivity index (χ1n) is 25.1. The van der Waals surface area contributed by atoms with Crippen LogP contribution in [0.3, 0.4) is 0 Å². The van der Waals surface area contributed by atoms with Crippen molar-refractivity contribution in [2.75, 3.05) is 13.2 Å². The van der Waals surface area contributed by atoms with E-state index in [1.165, 1.54) is 38.5 Å². The van der Waals surface area contributed by atoms with Crippen LogP contribution in [0.4, 0.5) is 0 Å². The molecule has 1 atom stereocenters. The minimum absolute atomic E-state index is 0.121. The van der Waals surface area contributed by atoms with E-state index in [0.717, 1.165) is 116 Å². The quantitative estimate of drug-likeness (QED) is 0.0200. The Balaban J connectivity index is 4.56. The first-order chi connectivity index (χ1) is 31.0.